The van der Waals surface area contributed by atoms with Gasteiger partial charge in [-0.15, -0.1) is 0 Å². The fourth-order valence-corrected chi connectivity index (χ4v) is 1.21. The van der Waals surface area contributed by atoms with Crippen LogP contribution in [0.5, 0.6) is 11.5 Å². The molecule has 0 aliphatic heterocycles. The summed E-state index contributed by atoms with van der Waals surface area (Å²) in [4.78, 5) is 19.3. The number of ether oxygens (including phenoxy) is 2. The first-order valence-electron chi connectivity index (χ1n) is 4.92. The Bertz CT molecular complexity index is 497. The summed E-state index contributed by atoms with van der Waals surface area (Å²) in [6, 6.07) is 6.71. The second kappa shape index (κ2) is 5.07. The van der Waals surface area contributed by atoms with Crippen LogP contribution in [0.2, 0.25) is 0 Å². The third kappa shape index (κ3) is 2.78. The van der Waals surface area contributed by atoms with Crippen LogP contribution >= 0.6 is 0 Å². The van der Waals surface area contributed by atoms with Gasteiger partial charge in [0.2, 0.25) is 0 Å². The Morgan fingerprint density at radius 1 is 1.12 bits per heavy atom. The lowest BCUT2D eigenvalue weighted by Gasteiger charge is -2.04. The lowest BCUT2D eigenvalue weighted by molar-refractivity contribution is 0.0728. The molecule has 0 saturated carbocycles. The molecule has 5 nitrogen and oxygen atoms in total. The van der Waals surface area contributed by atoms with E-state index in [0.717, 1.165) is 0 Å². The molecule has 0 fully saturated rings. The summed E-state index contributed by atoms with van der Waals surface area (Å²) >= 11 is 0. The number of esters is 1. The summed E-state index contributed by atoms with van der Waals surface area (Å²) < 4.78 is 10.1. The molecular formula is C12H10N2O3. The molecule has 1 aromatic heterocycles. The van der Waals surface area contributed by atoms with Crippen LogP contribution in [0, 0.1) is 0 Å². The molecule has 0 unspecified atom stereocenters. The second-order valence-electron chi connectivity index (χ2n) is 3.16. The fraction of sp³-hybridized carbons (Fsp3) is 0.0833. The van der Waals surface area contributed by atoms with Crippen molar-refractivity contribution in [2.24, 2.45) is 0 Å². The van der Waals surface area contributed by atoms with E-state index in [1.807, 2.05) is 0 Å². The number of benzene rings is 1. The van der Waals surface area contributed by atoms with E-state index in [4.69, 9.17) is 9.47 Å². The molecule has 0 atom stereocenters. The van der Waals surface area contributed by atoms with Crippen molar-refractivity contribution < 1.29 is 14.3 Å². The van der Waals surface area contributed by atoms with Gasteiger partial charge < -0.3 is 9.47 Å². The first-order valence-corrected chi connectivity index (χ1v) is 4.92. The van der Waals surface area contributed by atoms with Gasteiger partial charge in [0.15, 0.2) is 5.69 Å². The van der Waals surface area contributed by atoms with Gasteiger partial charge in [0, 0.05) is 12.4 Å². The summed E-state index contributed by atoms with van der Waals surface area (Å²) in [5.74, 6) is 0.592. The van der Waals surface area contributed by atoms with Crippen LogP contribution in [0.4, 0.5) is 0 Å². The summed E-state index contributed by atoms with van der Waals surface area (Å²) in [6.07, 6.45) is 4.28. The number of hydrogen-bond donors (Lipinski definition) is 0. The standard InChI is InChI=1S/C12H10N2O3/c1-16-9-2-4-10(5-3-9)17-12(15)11-8-13-6-7-14-11/h2-8H,1H3. The predicted octanol–water partition coefficient (Wildman–Crippen LogP) is 1.70. The topological polar surface area (TPSA) is 61.3 Å². The van der Waals surface area contributed by atoms with Gasteiger partial charge in [-0.3, -0.25) is 4.98 Å². The quantitative estimate of drug-likeness (QED) is 0.593. The summed E-state index contributed by atoms with van der Waals surface area (Å²) in [5, 5.41) is 0. The third-order valence-electron chi connectivity index (χ3n) is 2.04. The van der Waals surface area contributed by atoms with Crippen LogP contribution in [-0.2, 0) is 0 Å². The maximum atomic E-state index is 11.6. The minimum atomic E-state index is -0.539. The van der Waals surface area contributed by atoms with Gasteiger partial charge >= 0.3 is 5.97 Å². The molecule has 17 heavy (non-hydrogen) atoms. The highest BCUT2D eigenvalue weighted by molar-refractivity contribution is 5.88. The zero-order valence-electron chi connectivity index (χ0n) is 9.16. The number of hydrogen-bond acceptors (Lipinski definition) is 5. The first kappa shape index (κ1) is 11.1. The highest BCUT2D eigenvalue weighted by Gasteiger charge is 2.09. The van der Waals surface area contributed by atoms with Crippen LogP contribution in [0.3, 0.4) is 0 Å². The number of nitrogens with zero attached hydrogens (tertiary/aromatic N) is 2. The van der Waals surface area contributed by atoms with Gasteiger partial charge in [-0.25, -0.2) is 9.78 Å². The largest absolute Gasteiger partial charge is 0.497 e. The van der Waals surface area contributed by atoms with Gasteiger partial charge in [0.1, 0.15) is 11.5 Å². The molecule has 1 aromatic carbocycles. The van der Waals surface area contributed by atoms with Crippen molar-refractivity contribution in [3.05, 3.63) is 48.5 Å². The summed E-state index contributed by atoms with van der Waals surface area (Å²) in [6.45, 7) is 0. The normalized spacial score (nSPS) is 9.71. The molecule has 5 heteroatoms. The summed E-state index contributed by atoms with van der Waals surface area (Å²) in [7, 11) is 1.57. The minimum Gasteiger partial charge on any atom is -0.497 e. The highest BCUT2D eigenvalue weighted by atomic mass is 16.5. The van der Waals surface area contributed by atoms with Crippen molar-refractivity contribution in [3.63, 3.8) is 0 Å². The zero-order chi connectivity index (χ0) is 12.1. The van der Waals surface area contributed by atoms with Crippen LogP contribution in [-0.4, -0.2) is 23.0 Å². The van der Waals surface area contributed by atoms with Gasteiger partial charge in [-0.05, 0) is 24.3 Å². The van der Waals surface area contributed by atoms with E-state index in [1.54, 1.807) is 31.4 Å². The lowest BCUT2D eigenvalue weighted by Crippen LogP contribution is -2.10. The molecule has 0 radical (unpaired) electrons. The number of aromatic nitrogens is 2. The average Bonchev–Trinajstić information content (AvgIpc) is 2.40. The Labute approximate surface area is 98.0 Å². The first-order chi connectivity index (χ1) is 8.29. The van der Waals surface area contributed by atoms with E-state index in [0.29, 0.717) is 11.5 Å². The maximum Gasteiger partial charge on any atom is 0.363 e. The van der Waals surface area contributed by atoms with E-state index >= 15 is 0 Å². The number of carbonyl (C=O) groups is 1. The number of carbonyl (C=O) groups excluding carboxylic acids is 1. The molecule has 2 rings (SSSR count). The maximum absolute atomic E-state index is 11.6. The van der Waals surface area contributed by atoms with Crippen LogP contribution in [0.1, 0.15) is 10.5 Å². The zero-order valence-corrected chi connectivity index (χ0v) is 9.16. The smallest absolute Gasteiger partial charge is 0.363 e. The van der Waals surface area contributed by atoms with Crippen molar-refractivity contribution in [1.29, 1.82) is 0 Å². The van der Waals surface area contributed by atoms with E-state index < -0.39 is 5.97 Å². The Balaban J connectivity index is 2.08. The molecule has 0 spiro atoms. The number of methoxy groups -OCH3 is 1. The van der Waals surface area contributed by atoms with Crippen LogP contribution < -0.4 is 9.47 Å². The average molecular weight is 230 g/mol. The SMILES string of the molecule is COc1ccc(OC(=O)c2cnccn2)cc1. The van der Waals surface area contributed by atoms with E-state index in [1.165, 1.54) is 18.6 Å². The Kier molecular flexibility index (Phi) is 3.30. The molecular weight excluding hydrogens is 220 g/mol. The minimum absolute atomic E-state index is 0.170. The van der Waals surface area contributed by atoms with Crippen LogP contribution in [0.25, 0.3) is 0 Å². The molecule has 0 saturated heterocycles. The molecule has 86 valence electrons. The molecule has 2 aromatic rings. The Morgan fingerprint density at radius 2 is 1.82 bits per heavy atom. The van der Waals surface area contributed by atoms with Gasteiger partial charge in [-0.2, -0.15) is 0 Å². The molecule has 1 heterocycles. The summed E-state index contributed by atoms with van der Waals surface area (Å²) in [5.41, 5.74) is 0.170. The lowest BCUT2D eigenvalue weighted by atomic mass is 10.3. The predicted molar refractivity (Wildman–Crippen MR) is 60.0 cm³/mol. The molecule has 0 bridgehead atoms. The van der Waals surface area contributed by atoms with E-state index in [9.17, 15) is 4.79 Å². The van der Waals surface area contributed by atoms with Crippen molar-refractivity contribution in [2.75, 3.05) is 7.11 Å². The van der Waals surface area contributed by atoms with Crippen molar-refractivity contribution >= 4 is 5.97 Å². The monoisotopic (exact) mass is 230 g/mol. The van der Waals surface area contributed by atoms with Crippen molar-refractivity contribution in [2.45, 2.75) is 0 Å². The number of rotatable bonds is 3. The Morgan fingerprint density at radius 3 is 2.41 bits per heavy atom. The third-order valence-corrected chi connectivity index (χ3v) is 2.04. The van der Waals surface area contributed by atoms with E-state index in [2.05, 4.69) is 9.97 Å². The van der Waals surface area contributed by atoms with Gasteiger partial charge in [0.05, 0.1) is 13.3 Å². The van der Waals surface area contributed by atoms with Crippen molar-refractivity contribution in [3.8, 4) is 11.5 Å². The molecule has 0 N–H and O–H groups in total. The van der Waals surface area contributed by atoms with Gasteiger partial charge in [0.25, 0.3) is 0 Å². The molecule has 0 aliphatic carbocycles. The molecule has 0 amide bonds. The van der Waals surface area contributed by atoms with E-state index in [-0.39, 0.29) is 5.69 Å². The fourth-order valence-electron chi connectivity index (χ4n) is 1.21. The van der Waals surface area contributed by atoms with Crippen LogP contribution in [0.15, 0.2) is 42.9 Å². The van der Waals surface area contributed by atoms with Crippen molar-refractivity contribution in [1.82, 2.24) is 9.97 Å². The second-order valence-corrected chi connectivity index (χ2v) is 3.16. The highest BCUT2D eigenvalue weighted by Crippen LogP contribution is 2.17. The molecule has 0 aliphatic rings. The Hall–Kier alpha value is -2.43. The van der Waals surface area contributed by atoms with Gasteiger partial charge in [-0.1, -0.05) is 0 Å².